The topological polar surface area (TPSA) is 67.6 Å². The second-order valence-electron chi connectivity index (χ2n) is 8.14. The molecule has 1 N–H and O–H groups in total. The van der Waals surface area contributed by atoms with Crippen LogP contribution in [0.25, 0.3) is 5.69 Å². The average molecular weight is 371 g/mol. The SMILES string of the molecule is CC(C)COc1cn(-c2ccccc2)nc1C(=O)N1CCCC1C(C)(C)O. The molecule has 6 nitrogen and oxygen atoms in total. The van der Waals surface area contributed by atoms with Gasteiger partial charge < -0.3 is 14.7 Å². The highest BCUT2D eigenvalue weighted by Crippen LogP contribution is 2.30. The van der Waals surface area contributed by atoms with Gasteiger partial charge in [-0.1, -0.05) is 32.0 Å². The van der Waals surface area contributed by atoms with E-state index in [0.29, 0.717) is 30.5 Å². The highest BCUT2D eigenvalue weighted by atomic mass is 16.5. The number of carbonyl (C=O) groups excluding carboxylic acids is 1. The van der Waals surface area contributed by atoms with E-state index in [-0.39, 0.29) is 11.9 Å². The molecular weight excluding hydrogens is 342 g/mol. The maximum atomic E-state index is 13.3. The fraction of sp³-hybridized carbons (Fsp3) is 0.524. The van der Waals surface area contributed by atoms with Gasteiger partial charge in [0.05, 0.1) is 30.1 Å². The molecule has 3 rings (SSSR count). The van der Waals surface area contributed by atoms with Crippen LogP contribution in [0.3, 0.4) is 0 Å². The minimum Gasteiger partial charge on any atom is -0.489 e. The summed E-state index contributed by atoms with van der Waals surface area (Å²) in [7, 11) is 0. The van der Waals surface area contributed by atoms with Crippen molar-refractivity contribution in [1.82, 2.24) is 14.7 Å². The van der Waals surface area contributed by atoms with E-state index in [1.54, 1.807) is 29.6 Å². The summed E-state index contributed by atoms with van der Waals surface area (Å²) in [4.78, 5) is 15.0. The number of aromatic nitrogens is 2. The summed E-state index contributed by atoms with van der Waals surface area (Å²) in [6, 6.07) is 9.44. The Morgan fingerprint density at radius 3 is 2.67 bits per heavy atom. The standard InChI is InChI=1S/C21H29N3O3/c1-15(2)14-27-17-13-24(16-9-6-5-7-10-16)22-19(17)20(25)23-12-8-11-18(23)21(3,4)26/h5-7,9-10,13,15,18,26H,8,11-12,14H2,1-4H3. The van der Waals surface area contributed by atoms with E-state index >= 15 is 0 Å². The Balaban J connectivity index is 1.94. The Kier molecular flexibility index (Phi) is 5.56. The normalized spacial score (nSPS) is 17.6. The molecule has 1 aliphatic rings. The van der Waals surface area contributed by atoms with Crippen molar-refractivity contribution in [3.8, 4) is 11.4 Å². The first-order valence-electron chi connectivity index (χ1n) is 9.58. The number of aliphatic hydroxyl groups is 1. The minimum absolute atomic E-state index is 0.187. The van der Waals surface area contributed by atoms with Gasteiger partial charge in [-0.25, -0.2) is 4.68 Å². The summed E-state index contributed by atoms with van der Waals surface area (Å²) in [5.74, 6) is 0.635. The summed E-state index contributed by atoms with van der Waals surface area (Å²) in [6.45, 7) is 8.76. The predicted octanol–water partition coefficient (Wildman–Crippen LogP) is 3.28. The lowest BCUT2D eigenvalue weighted by Crippen LogP contribution is -2.48. The van der Waals surface area contributed by atoms with Crippen LogP contribution in [0.2, 0.25) is 0 Å². The van der Waals surface area contributed by atoms with Crippen LogP contribution in [-0.2, 0) is 0 Å². The highest BCUT2D eigenvalue weighted by Gasteiger charge is 2.40. The Bertz CT molecular complexity index is 778. The van der Waals surface area contributed by atoms with Crippen molar-refractivity contribution < 1.29 is 14.6 Å². The monoisotopic (exact) mass is 371 g/mol. The Morgan fingerprint density at radius 1 is 1.33 bits per heavy atom. The number of nitrogens with zero attached hydrogens (tertiary/aromatic N) is 3. The van der Waals surface area contributed by atoms with Crippen LogP contribution in [0.1, 0.15) is 51.0 Å². The molecule has 27 heavy (non-hydrogen) atoms. The Hall–Kier alpha value is -2.34. The smallest absolute Gasteiger partial charge is 0.278 e. The molecule has 0 radical (unpaired) electrons. The summed E-state index contributed by atoms with van der Waals surface area (Å²) in [5, 5.41) is 15.0. The predicted molar refractivity (Wildman–Crippen MR) is 104 cm³/mol. The molecule has 1 fully saturated rings. The Morgan fingerprint density at radius 2 is 2.04 bits per heavy atom. The average Bonchev–Trinajstić information content (AvgIpc) is 3.27. The van der Waals surface area contributed by atoms with Gasteiger partial charge in [-0.3, -0.25) is 4.79 Å². The maximum absolute atomic E-state index is 13.3. The lowest BCUT2D eigenvalue weighted by molar-refractivity contribution is -0.0000467. The second-order valence-corrected chi connectivity index (χ2v) is 8.14. The number of rotatable bonds is 6. The number of benzene rings is 1. The summed E-state index contributed by atoms with van der Waals surface area (Å²) >= 11 is 0. The fourth-order valence-corrected chi connectivity index (χ4v) is 3.46. The molecule has 6 heteroatoms. The van der Waals surface area contributed by atoms with Crippen molar-refractivity contribution in [3.63, 3.8) is 0 Å². The first kappa shape index (κ1) is 19.4. The van der Waals surface area contributed by atoms with Gasteiger partial charge in [-0.15, -0.1) is 0 Å². The number of para-hydroxylation sites is 1. The molecule has 1 aromatic heterocycles. The Labute approximate surface area is 160 Å². The number of hydrogen-bond acceptors (Lipinski definition) is 4. The van der Waals surface area contributed by atoms with Crippen LogP contribution in [-0.4, -0.2) is 50.5 Å². The maximum Gasteiger partial charge on any atom is 0.278 e. The van der Waals surface area contributed by atoms with E-state index in [1.807, 2.05) is 30.3 Å². The van der Waals surface area contributed by atoms with E-state index in [9.17, 15) is 9.90 Å². The molecule has 0 spiro atoms. The zero-order chi connectivity index (χ0) is 19.6. The van der Waals surface area contributed by atoms with Gasteiger partial charge in [0.25, 0.3) is 5.91 Å². The number of hydrogen-bond donors (Lipinski definition) is 1. The molecule has 0 saturated carbocycles. The molecule has 1 amide bonds. The van der Waals surface area contributed by atoms with E-state index in [1.165, 1.54) is 0 Å². The number of amides is 1. The van der Waals surface area contributed by atoms with Gasteiger partial charge >= 0.3 is 0 Å². The van der Waals surface area contributed by atoms with E-state index in [2.05, 4.69) is 18.9 Å². The van der Waals surface area contributed by atoms with E-state index in [0.717, 1.165) is 18.5 Å². The van der Waals surface area contributed by atoms with Crippen LogP contribution in [0.5, 0.6) is 5.75 Å². The third kappa shape index (κ3) is 4.33. The van der Waals surface area contributed by atoms with E-state index < -0.39 is 5.60 Å². The minimum atomic E-state index is -0.951. The van der Waals surface area contributed by atoms with Crippen LogP contribution in [0, 0.1) is 5.92 Å². The van der Waals surface area contributed by atoms with Gasteiger partial charge in [0.2, 0.25) is 0 Å². The van der Waals surface area contributed by atoms with Gasteiger partial charge in [0.15, 0.2) is 11.4 Å². The third-order valence-electron chi connectivity index (χ3n) is 4.81. The van der Waals surface area contributed by atoms with Crippen molar-refractivity contribution in [2.24, 2.45) is 5.92 Å². The lowest BCUT2D eigenvalue weighted by Gasteiger charge is -2.33. The van der Waals surface area contributed by atoms with Crippen LogP contribution < -0.4 is 4.74 Å². The third-order valence-corrected chi connectivity index (χ3v) is 4.81. The van der Waals surface area contributed by atoms with Crippen LogP contribution in [0.15, 0.2) is 36.5 Å². The van der Waals surface area contributed by atoms with Gasteiger partial charge in [-0.2, -0.15) is 5.10 Å². The van der Waals surface area contributed by atoms with Crippen LogP contribution >= 0.6 is 0 Å². The molecule has 1 atom stereocenters. The molecule has 146 valence electrons. The zero-order valence-corrected chi connectivity index (χ0v) is 16.6. The molecule has 0 bridgehead atoms. The van der Waals surface area contributed by atoms with Crippen molar-refractivity contribution in [2.45, 2.75) is 52.2 Å². The molecule has 1 aliphatic heterocycles. The zero-order valence-electron chi connectivity index (χ0n) is 16.6. The lowest BCUT2D eigenvalue weighted by atomic mass is 9.96. The first-order valence-corrected chi connectivity index (χ1v) is 9.58. The van der Waals surface area contributed by atoms with Crippen molar-refractivity contribution in [3.05, 3.63) is 42.2 Å². The fourth-order valence-electron chi connectivity index (χ4n) is 3.46. The van der Waals surface area contributed by atoms with Crippen LogP contribution in [0.4, 0.5) is 0 Å². The second kappa shape index (κ2) is 7.72. The van der Waals surface area contributed by atoms with Gasteiger partial charge in [0.1, 0.15) is 0 Å². The molecule has 1 saturated heterocycles. The number of ether oxygens (including phenoxy) is 1. The van der Waals surface area contributed by atoms with Crippen molar-refractivity contribution in [1.29, 1.82) is 0 Å². The molecular formula is C21H29N3O3. The molecule has 2 heterocycles. The quantitative estimate of drug-likeness (QED) is 0.846. The first-order chi connectivity index (χ1) is 12.8. The molecule has 1 aromatic carbocycles. The highest BCUT2D eigenvalue weighted by molar-refractivity contribution is 5.95. The van der Waals surface area contributed by atoms with E-state index in [4.69, 9.17) is 4.74 Å². The number of carbonyl (C=O) groups is 1. The van der Waals surface area contributed by atoms with Crippen molar-refractivity contribution >= 4 is 5.91 Å². The van der Waals surface area contributed by atoms with Crippen molar-refractivity contribution in [2.75, 3.05) is 13.2 Å². The molecule has 2 aromatic rings. The summed E-state index contributed by atoms with van der Waals surface area (Å²) in [5.41, 5.74) is 0.217. The van der Waals surface area contributed by atoms with Gasteiger partial charge in [-0.05, 0) is 44.7 Å². The van der Waals surface area contributed by atoms with Gasteiger partial charge in [0, 0.05) is 6.54 Å². The molecule has 0 aliphatic carbocycles. The molecule has 1 unspecified atom stereocenters. The summed E-state index contributed by atoms with van der Waals surface area (Å²) < 4.78 is 7.59. The largest absolute Gasteiger partial charge is 0.489 e. The summed E-state index contributed by atoms with van der Waals surface area (Å²) in [6.07, 6.45) is 3.43. The number of likely N-dealkylation sites (tertiary alicyclic amines) is 1.